The van der Waals surface area contributed by atoms with E-state index in [9.17, 15) is 29.4 Å². The lowest BCUT2D eigenvalue weighted by atomic mass is 10.1. The van der Waals surface area contributed by atoms with E-state index in [1.807, 2.05) is 164 Å². The van der Waals surface area contributed by atoms with E-state index in [1.54, 1.807) is 24.3 Å². The zero-order valence-corrected chi connectivity index (χ0v) is 48.0. The van der Waals surface area contributed by atoms with Gasteiger partial charge in [0.15, 0.2) is 0 Å². The number of halogens is 1. The molecule has 0 aliphatic heterocycles. The summed E-state index contributed by atoms with van der Waals surface area (Å²) in [6, 6.07) is 66.0. The van der Waals surface area contributed by atoms with Gasteiger partial charge in [-0.15, -0.1) is 6.42 Å². The minimum Gasteiger partial charge on any atom is -0.508 e. The topological polar surface area (TPSA) is 146 Å². The Bertz CT molecular complexity index is 4080. The van der Waals surface area contributed by atoms with Gasteiger partial charge in [0.1, 0.15) is 34.5 Å². The largest absolute Gasteiger partial charge is 0.508 e. The maximum absolute atomic E-state index is 11.2. The number of carbonyl (C=O) groups excluding carboxylic acids is 4. The van der Waals surface area contributed by atoms with Crippen molar-refractivity contribution in [3.05, 3.63) is 284 Å². The van der Waals surface area contributed by atoms with Crippen LogP contribution >= 0.6 is 15.9 Å². The number of esters is 4. The maximum Gasteiger partial charge on any atom is 0.308 e. The molecule has 9 aromatic rings. The van der Waals surface area contributed by atoms with E-state index in [0.717, 1.165) is 50.1 Å². The fraction of sp³-hybridized carbons (Fsp3) is 0.0541. The van der Waals surface area contributed by atoms with Crippen molar-refractivity contribution in [3.8, 4) is 106 Å². The molecule has 414 valence electrons. The van der Waals surface area contributed by atoms with Crippen molar-refractivity contribution in [1.29, 1.82) is 0 Å². The number of ether oxygens (including phenoxy) is 4. The first kappa shape index (κ1) is 62.5. The first-order valence-electron chi connectivity index (χ1n) is 25.8. The smallest absolute Gasteiger partial charge is 0.308 e. The van der Waals surface area contributed by atoms with Crippen LogP contribution in [0.25, 0.3) is 0 Å². The normalized spacial score (nSPS) is 9.27. The number of carbonyl (C=O) groups is 4. The monoisotopic (exact) mass is 1180 g/mol. The highest BCUT2D eigenvalue weighted by Crippen LogP contribution is 2.27. The van der Waals surface area contributed by atoms with Crippen molar-refractivity contribution in [3.63, 3.8) is 0 Å². The first-order valence-corrected chi connectivity index (χ1v) is 26.6. The summed E-state index contributed by atoms with van der Waals surface area (Å²) in [6.07, 6.45) is 5.28. The Morgan fingerprint density at radius 1 is 0.306 bits per heavy atom. The van der Waals surface area contributed by atoms with Crippen LogP contribution in [0.15, 0.2) is 223 Å². The van der Waals surface area contributed by atoms with Crippen molar-refractivity contribution in [2.24, 2.45) is 0 Å². The molecule has 0 aliphatic rings. The van der Waals surface area contributed by atoms with Crippen LogP contribution in [0.3, 0.4) is 0 Å². The van der Waals surface area contributed by atoms with Crippen LogP contribution in [0.2, 0.25) is 0 Å². The fourth-order valence-corrected chi connectivity index (χ4v) is 7.41. The minimum atomic E-state index is -0.471. The summed E-state index contributed by atoms with van der Waals surface area (Å²) >= 11 is 3.21. The molecule has 2 N–H and O–H groups in total. The maximum atomic E-state index is 11.2. The van der Waals surface area contributed by atoms with Crippen LogP contribution in [-0.2, 0) is 19.2 Å². The van der Waals surface area contributed by atoms with Gasteiger partial charge in [-0.25, -0.2) is 0 Å². The number of benzene rings is 9. The Balaban J connectivity index is 0.000000189. The summed E-state index contributed by atoms with van der Waals surface area (Å²) in [4.78, 5) is 43.9. The average Bonchev–Trinajstić information content (AvgIpc) is 3.67. The Hall–Kier alpha value is -11.7. The molecular formula is C74H51BrO10. The van der Waals surface area contributed by atoms with Crippen molar-refractivity contribution >= 4 is 39.8 Å². The predicted molar refractivity (Wildman–Crippen MR) is 332 cm³/mol. The zero-order chi connectivity index (χ0) is 60.8. The number of terminal acetylenes is 1. The van der Waals surface area contributed by atoms with E-state index in [0.29, 0.717) is 27.1 Å². The summed E-state index contributed by atoms with van der Waals surface area (Å²) in [7, 11) is 0. The zero-order valence-electron chi connectivity index (χ0n) is 46.4. The number of rotatable bonds is 4. The number of phenols is 2. The van der Waals surface area contributed by atoms with Crippen LogP contribution in [-0.4, -0.2) is 34.1 Å². The van der Waals surface area contributed by atoms with Gasteiger partial charge in [-0.1, -0.05) is 136 Å². The molecule has 0 bridgehead atoms. The van der Waals surface area contributed by atoms with Gasteiger partial charge in [0, 0.05) is 112 Å². The molecule has 0 spiro atoms. The van der Waals surface area contributed by atoms with Crippen LogP contribution in [0.5, 0.6) is 34.5 Å². The van der Waals surface area contributed by atoms with Crippen LogP contribution in [0, 0.1) is 71.5 Å². The summed E-state index contributed by atoms with van der Waals surface area (Å²) in [5, 5.41) is 18.9. The number of hydrogen-bond donors (Lipinski definition) is 2. The van der Waals surface area contributed by atoms with Crippen LogP contribution in [0.1, 0.15) is 88.9 Å². The molecule has 0 saturated heterocycles. The third-order valence-corrected chi connectivity index (χ3v) is 11.0. The van der Waals surface area contributed by atoms with Crippen molar-refractivity contribution in [2.45, 2.75) is 27.7 Å². The van der Waals surface area contributed by atoms with E-state index in [4.69, 9.17) is 25.4 Å². The van der Waals surface area contributed by atoms with Gasteiger partial charge in [0.05, 0.1) is 0 Å². The Morgan fingerprint density at radius 2 is 0.529 bits per heavy atom. The van der Waals surface area contributed by atoms with Gasteiger partial charge in [0.2, 0.25) is 0 Å². The molecule has 0 aliphatic carbocycles. The van der Waals surface area contributed by atoms with E-state index in [1.165, 1.54) is 58.0 Å². The van der Waals surface area contributed by atoms with Gasteiger partial charge in [-0.2, -0.15) is 0 Å². The van der Waals surface area contributed by atoms with E-state index in [-0.39, 0.29) is 23.0 Å². The molecule has 85 heavy (non-hydrogen) atoms. The van der Waals surface area contributed by atoms with Gasteiger partial charge >= 0.3 is 23.9 Å². The summed E-state index contributed by atoms with van der Waals surface area (Å²) in [6.45, 7) is 5.19. The second-order valence-electron chi connectivity index (χ2n) is 17.7. The molecule has 0 aromatic heterocycles. The summed E-state index contributed by atoms with van der Waals surface area (Å²) in [5.74, 6) is 32.5. The van der Waals surface area contributed by atoms with Crippen LogP contribution < -0.4 is 18.9 Å². The predicted octanol–water partition coefficient (Wildman–Crippen LogP) is 13.6. The highest BCUT2D eigenvalue weighted by atomic mass is 79.9. The fourth-order valence-electron chi connectivity index (χ4n) is 6.96. The van der Waals surface area contributed by atoms with Crippen molar-refractivity contribution in [2.75, 3.05) is 0 Å². The van der Waals surface area contributed by atoms with Crippen LogP contribution in [0.4, 0.5) is 0 Å². The molecule has 10 nitrogen and oxygen atoms in total. The molecule has 0 fully saturated rings. The quantitative estimate of drug-likeness (QED) is 0.0992. The molecule has 0 amide bonds. The summed E-state index contributed by atoms with van der Waals surface area (Å²) < 4.78 is 20.6. The highest BCUT2D eigenvalue weighted by Gasteiger charge is 2.08. The highest BCUT2D eigenvalue weighted by molar-refractivity contribution is 9.10. The lowest BCUT2D eigenvalue weighted by Crippen LogP contribution is -2.04. The average molecular weight is 1180 g/mol. The third kappa shape index (κ3) is 24.3. The number of phenolic OH excluding ortho intramolecular Hbond substituents is 2. The molecule has 0 saturated carbocycles. The first-order chi connectivity index (χ1) is 41.0. The molecule has 0 atom stereocenters. The molecule has 0 unspecified atom stereocenters. The summed E-state index contributed by atoms with van der Waals surface area (Å²) in [5.41, 5.74) is 9.35. The second-order valence-corrected chi connectivity index (χ2v) is 18.6. The Morgan fingerprint density at radius 3 is 0.788 bits per heavy atom. The van der Waals surface area contributed by atoms with Crippen molar-refractivity contribution in [1.82, 2.24) is 0 Å². The van der Waals surface area contributed by atoms with E-state index < -0.39 is 23.9 Å². The van der Waals surface area contributed by atoms with Gasteiger partial charge in [-0.3, -0.25) is 19.2 Å². The second kappa shape index (κ2) is 33.1. The van der Waals surface area contributed by atoms with Gasteiger partial charge < -0.3 is 29.2 Å². The van der Waals surface area contributed by atoms with E-state index in [2.05, 4.69) is 81.1 Å². The lowest BCUT2D eigenvalue weighted by molar-refractivity contribution is -0.133. The third-order valence-electron chi connectivity index (χ3n) is 10.6. The van der Waals surface area contributed by atoms with Crippen molar-refractivity contribution < 1.29 is 48.3 Å². The molecular weight excluding hydrogens is 1130 g/mol. The Kier molecular flexibility index (Phi) is 24.4. The molecule has 0 radical (unpaired) electrons. The molecule has 9 aromatic carbocycles. The molecule has 11 heteroatoms. The van der Waals surface area contributed by atoms with E-state index >= 15 is 0 Å². The number of hydrogen-bond acceptors (Lipinski definition) is 10. The number of aromatic hydroxyl groups is 2. The molecule has 9 rings (SSSR count). The standard InChI is InChI=1S/C26H18O4.C22H14O2.C16H10.C10H9BrO4/c1-19(27)29-25-16-24(17-26(18-25)30-20(2)28)15-14-23-12-10-22(11-13-23)9-8-21-6-4-3-5-7-21;23-21-14-20(15-22(24)16-21)13-12-19-10-8-18(9-11-19)7-6-17-4-2-1-3-5-17;1-2-14-8-10-16(11-9-14)13-12-15-6-4-3-5-7-15;1-6(12)14-9-3-8(11)4-10(5-9)15-7(2)13/h3-7,10-13,16-18H,1-2H3;1-5,8-11,14-16,23-24H;1,3-11H;3-5H,1-2H3. The minimum absolute atomic E-state index is 0.00849. The van der Waals surface area contributed by atoms with Gasteiger partial charge in [0.25, 0.3) is 0 Å². The molecule has 0 heterocycles. The Labute approximate surface area is 503 Å². The van der Waals surface area contributed by atoms with Gasteiger partial charge in [-0.05, 0) is 146 Å². The lowest BCUT2D eigenvalue weighted by Gasteiger charge is -2.06. The SMILES string of the molecule is C#Cc1ccc(C#Cc2ccccc2)cc1.CC(=O)Oc1cc(Br)cc(OC(C)=O)c1.CC(=O)Oc1cc(C#Cc2ccc(C#Cc3ccccc3)cc2)cc(OC(C)=O)c1.Oc1cc(O)cc(C#Cc2ccc(C#Cc3ccccc3)cc2)c1.